The van der Waals surface area contributed by atoms with Gasteiger partial charge in [0.15, 0.2) is 0 Å². The Morgan fingerprint density at radius 1 is 0.270 bits per heavy atom. The van der Waals surface area contributed by atoms with Crippen molar-refractivity contribution in [2.75, 3.05) is 0 Å². The third-order valence-corrected chi connectivity index (χ3v) is 15.9. The van der Waals surface area contributed by atoms with Gasteiger partial charge in [0.1, 0.15) is 0 Å². The van der Waals surface area contributed by atoms with Crippen LogP contribution in [0.15, 0.2) is 176 Å². The quantitative estimate of drug-likeness (QED) is 0.146. The molecular weight excluding hydrogens is 1180 g/mol. The third kappa shape index (κ3) is 11.1. The van der Waals surface area contributed by atoms with Gasteiger partial charge < -0.3 is 9.13 Å². The molecule has 0 aliphatic heterocycles. The van der Waals surface area contributed by atoms with E-state index in [2.05, 4.69) is 6.07 Å². The Hall–Kier alpha value is -9.76. The van der Waals surface area contributed by atoms with Gasteiger partial charge in [-0.1, -0.05) is 71.8 Å². The Morgan fingerprint density at radius 2 is 0.517 bits per heavy atom. The zero-order valence-corrected chi connectivity index (χ0v) is 47.3. The molecule has 0 N–H and O–H groups in total. The predicted octanol–water partition coefficient (Wildman–Crippen LogP) is 22.7. The molecule has 10 aromatic carbocycles. The Morgan fingerprint density at radius 3 is 0.809 bits per heavy atom. The summed E-state index contributed by atoms with van der Waals surface area (Å²) in [5, 5.41) is 12.4. The standard InChI is InChI=1S/C71H44F15N3/c1-36-14-37(2)16-46(15-36)42-6-10-60-56(30-42)57-31-43(47-17-38(3)20-51(25-47)67(72,73)74)7-11-61(57)88(60)64-23-41(35-87)24-65(66(64)50-19-40(5)22-53(29-50)69(78,79)80)89-62-12-8-44(48-18-39(4)21-52(26-48)68(75,76)77)32-58(62)59-33-45(9-13-63(59)89)49-27-54(70(81,82)83)34-55(28-49)71(84,85)86/h6-34H,1-5H3. The maximum absolute atomic E-state index is 15.2. The average Bonchev–Trinajstić information content (AvgIpc) is 1.91. The van der Waals surface area contributed by atoms with Gasteiger partial charge in [0.2, 0.25) is 0 Å². The van der Waals surface area contributed by atoms with Crippen molar-refractivity contribution in [2.45, 2.75) is 65.5 Å². The molecule has 18 heteroatoms. The van der Waals surface area contributed by atoms with Crippen LogP contribution in [0.1, 0.15) is 61.2 Å². The van der Waals surface area contributed by atoms with Crippen LogP contribution in [0.3, 0.4) is 0 Å². The minimum absolute atomic E-state index is 0.0226. The molecule has 0 amide bonds. The van der Waals surface area contributed by atoms with E-state index in [9.17, 15) is 57.9 Å². The molecule has 12 rings (SSSR count). The first-order valence-corrected chi connectivity index (χ1v) is 27.4. The highest BCUT2D eigenvalue weighted by atomic mass is 19.4. The van der Waals surface area contributed by atoms with Gasteiger partial charge in [-0.15, -0.1) is 0 Å². The highest BCUT2D eigenvalue weighted by molar-refractivity contribution is 6.14. The van der Waals surface area contributed by atoms with Crippen LogP contribution >= 0.6 is 0 Å². The highest BCUT2D eigenvalue weighted by Gasteiger charge is 2.38. The third-order valence-electron chi connectivity index (χ3n) is 15.9. The van der Waals surface area contributed by atoms with Crippen molar-refractivity contribution in [2.24, 2.45) is 0 Å². The van der Waals surface area contributed by atoms with Gasteiger partial charge in [-0.2, -0.15) is 71.1 Å². The minimum Gasteiger partial charge on any atom is -0.308 e. The Bertz CT molecular complexity index is 4910. The second-order valence-electron chi connectivity index (χ2n) is 22.5. The fourth-order valence-electron chi connectivity index (χ4n) is 12.2. The summed E-state index contributed by atoms with van der Waals surface area (Å²) in [5.74, 6) is 0. The first-order chi connectivity index (χ1) is 41.7. The average molecular weight is 1220 g/mol. The van der Waals surface area contributed by atoms with E-state index in [0.29, 0.717) is 45.1 Å². The summed E-state index contributed by atoms with van der Waals surface area (Å²) < 4.78 is 222. The van der Waals surface area contributed by atoms with Gasteiger partial charge in [-0.05, 0) is 217 Å². The molecule has 0 radical (unpaired) electrons. The summed E-state index contributed by atoms with van der Waals surface area (Å²) in [5.41, 5.74) is -0.542. The predicted molar refractivity (Wildman–Crippen MR) is 316 cm³/mol. The number of alkyl halides is 15. The topological polar surface area (TPSA) is 33.6 Å². The summed E-state index contributed by atoms with van der Waals surface area (Å²) in [6.45, 7) is 8.29. The Labute approximate surface area is 497 Å². The largest absolute Gasteiger partial charge is 0.416 e. The van der Waals surface area contributed by atoms with Gasteiger partial charge in [0.25, 0.3) is 0 Å². The lowest BCUT2D eigenvalue weighted by Gasteiger charge is -2.22. The van der Waals surface area contributed by atoms with E-state index < -0.39 is 64.3 Å². The molecule has 0 spiro atoms. The van der Waals surface area contributed by atoms with Crippen molar-refractivity contribution in [1.29, 1.82) is 5.26 Å². The number of halogens is 15. The number of hydrogen-bond donors (Lipinski definition) is 0. The molecule has 448 valence electrons. The number of fused-ring (bicyclic) bond motifs is 6. The second kappa shape index (κ2) is 21.0. The van der Waals surface area contributed by atoms with Crippen LogP contribution in [0, 0.1) is 45.9 Å². The van der Waals surface area contributed by atoms with Crippen LogP contribution in [0.25, 0.3) is 111 Å². The molecule has 0 unspecified atom stereocenters. The molecule has 3 nitrogen and oxygen atoms in total. The van der Waals surface area contributed by atoms with E-state index in [1.54, 1.807) is 39.5 Å². The number of aryl methyl sites for hydroxylation is 5. The van der Waals surface area contributed by atoms with Crippen molar-refractivity contribution in [1.82, 2.24) is 9.13 Å². The molecule has 89 heavy (non-hydrogen) atoms. The molecule has 0 aliphatic carbocycles. The van der Waals surface area contributed by atoms with Crippen molar-refractivity contribution in [3.63, 3.8) is 0 Å². The van der Waals surface area contributed by atoms with Crippen LogP contribution in [0.5, 0.6) is 0 Å². The van der Waals surface area contributed by atoms with E-state index in [1.807, 2.05) is 44.2 Å². The summed E-state index contributed by atoms with van der Waals surface area (Å²) in [6, 6.07) is 41.4. The Balaban J connectivity index is 1.22. The number of benzene rings is 10. The fraction of sp³-hybridized carbons (Fsp3) is 0.141. The zero-order valence-electron chi connectivity index (χ0n) is 47.3. The molecule has 0 aliphatic rings. The molecule has 0 saturated heterocycles. The van der Waals surface area contributed by atoms with Crippen molar-refractivity contribution in [3.8, 4) is 73.1 Å². The molecule has 0 bridgehead atoms. The smallest absolute Gasteiger partial charge is 0.308 e. The second-order valence-corrected chi connectivity index (χ2v) is 22.5. The number of nitriles is 1. The van der Waals surface area contributed by atoms with Crippen LogP contribution in [0.4, 0.5) is 65.9 Å². The molecule has 2 aromatic heterocycles. The molecule has 0 fully saturated rings. The van der Waals surface area contributed by atoms with Gasteiger partial charge >= 0.3 is 30.9 Å². The fourth-order valence-corrected chi connectivity index (χ4v) is 12.2. The van der Waals surface area contributed by atoms with Crippen LogP contribution < -0.4 is 0 Å². The maximum Gasteiger partial charge on any atom is 0.416 e. The van der Waals surface area contributed by atoms with Crippen LogP contribution in [-0.2, 0) is 30.9 Å². The monoisotopic (exact) mass is 1220 g/mol. The van der Waals surface area contributed by atoms with Crippen LogP contribution in [0.2, 0.25) is 0 Å². The highest BCUT2D eigenvalue weighted by Crippen LogP contribution is 2.48. The van der Waals surface area contributed by atoms with Crippen LogP contribution in [-0.4, -0.2) is 9.13 Å². The van der Waals surface area contributed by atoms with Gasteiger partial charge in [0, 0.05) is 27.1 Å². The normalized spacial score (nSPS) is 12.7. The first-order valence-electron chi connectivity index (χ1n) is 27.4. The van der Waals surface area contributed by atoms with E-state index in [4.69, 9.17) is 0 Å². The van der Waals surface area contributed by atoms with Gasteiger partial charge in [-0.3, -0.25) is 0 Å². The molecule has 12 aromatic rings. The molecule has 0 saturated carbocycles. The number of nitrogens with zero attached hydrogens (tertiary/aromatic N) is 3. The summed E-state index contributed by atoms with van der Waals surface area (Å²) in [6.07, 6.45) is -24.9. The van der Waals surface area contributed by atoms with E-state index in [-0.39, 0.29) is 89.3 Å². The molecule has 0 atom stereocenters. The SMILES string of the molecule is Cc1cc(C)cc(-c2ccc3c(c2)c2cc(-c4cc(C)cc(C(F)(F)F)c4)ccc2n3-c2cc(C#N)cc(-n3c4ccc(-c5cc(C)cc(C(F)(F)F)c5)cc4c4cc(-c5cc(C(F)(F)F)cc(C(F)(F)F)c5)ccc43)c2-c2cc(C)cc(C(F)(F)F)c2)c1. The number of aromatic nitrogens is 2. The number of hydrogen-bond acceptors (Lipinski definition) is 1. The number of rotatable bonds is 7. The maximum atomic E-state index is 15.2. The minimum atomic E-state index is -5.24. The summed E-state index contributed by atoms with van der Waals surface area (Å²) in [4.78, 5) is 0. The molecular formula is C71H44F15N3. The summed E-state index contributed by atoms with van der Waals surface area (Å²) in [7, 11) is 0. The summed E-state index contributed by atoms with van der Waals surface area (Å²) >= 11 is 0. The van der Waals surface area contributed by atoms with E-state index >= 15 is 13.2 Å². The van der Waals surface area contributed by atoms with Crippen molar-refractivity contribution < 1.29 is 65.9 Å². The van der Waals surface area contributed by atoms with E-state index in [0.717, 1.165) is 58.7 Å². The zero-order chi connectivity index (χ0) is 63.8. The van der Waals surface area contributed by atoms with E-state index in [1.165, 1.54) is 81.4 Å². The lowest BCUT2D eigenvalue weighted by Crippen LogP contribution is -2.11. The lowest BCUT2D eigenvalue weighted by atomic mass is 9.94. The Kier molecular flexibility index (Phi) is 14.0. The van der Waals surface area contributed by atoms with Crippen molar-refractivity contribution >= 4 is 43.6 Å². The molecule has 2 heterocycles. The van der Waals surface area contributed by atoms with Gasteiger partial charge in [0.05, 0.1) is 72.9 Å². The lowest BCUT2D eigenvalue weighted by molar-refractivity contribution is -0.143. The first kappa shape index (κ1) is 59.6. The van der Waals surface area contributed by atoms with Crippen molar-refractivity contribution in [3.05, 3.63) is 237 Å². The van der Waals surface area contributed by atoms with Gasteiger partial charge in [-0.25, -0.2) is 0 Å².